The normalized spacial score (nSPS) is 16.0. The van der Waals surface area contributed by atoms with E-state index in [4.69, 9.17) is 21.1 Å². The van der Waals surface area contributed by atoms with E-state index < -0.39 is 0 Å². The van der Waals surface area contributed by atoms with Crippen molar-refractivity contribution in [3.05, 3.63) is 53.3 Å². The lowest BCUT2D eigenvalue weighted by Gasteiger charge is -2.23. The second-order valence-corrected chi connectivity index (χ2v) is 5.77. The maximum absolute atomic E-state index is 12.1. The van der Waals surface area contributed by atoms with Crippen molar-refractivity contribution in [2.75, 3.05) is 25.1 Å². The number of halogens is 3. The quantitative estimate of drug-likeness (QED) is 0.778. The number of amides is 1. The largest absolute Gasteiger partial charge is 0.487 e. The van der Waals surface area contributed by atoms with Gasteiger partial charge in [0.2, 0.25) is 5.91 Å². The monoisotopic (exact) mass is 419 g/mol. The molecule has 26 heavy (non-hydrogen) atoms. The predicted octanol–water partition coefficient (Wildman–Crippen LogP) is 3.08. The van der Waals surface area contributed by atoms with Crippen LogP contribution in [-0.4, -0.2) is 36.7 Å². The van der Waals surface area contributed by atoms with Gasteiger partial charge in [-0.25, -0.2) is 0 Å². The van der Waals surface area contributed by atoms with Gasteiger partial charge in [0.15, 0.2) is 0 Å². The van der Waals surface area contributed by atoms with Crippen LogP contribution < -0.4 is 15.4 Å². The third kappa shape index (κ3) is 6.30. The van der Waals surface area contributed by atoms with E-state index >= 15 is 0 Å². The molecule has 2 N–H and O–H groups in total. The Kier molecular flexibility index (Phi) is 9.69. The van der Waals surface area contributed by atoms with Crippen LogP contribution in [0, 0.1) is 0 Å². The molecular formula is C17H20Cl3N3O3. The number of nitrogens with one attached hydrogen (secondary N) is 2. The number of hydrogen-bond donors (Lipinski definition) is 2. The Hall–Kier alpha value is -1.57. The number of rotatable bonds is 5. The summed E-state index contributed by atoms with van der Waals surface area (Å²) in [5.41, 5.74) is 1.57. The predicted molar refractivity (Wildman–Crippen MR) is 106 cm³/mol. The van der Waals surface area contributed by atoms with Crippen molar-refractivity contribution < 1.29 is 14.3 Å². The molecule has 1 aromatic carbocycles. The summed E-state index contributed by atoms with van der Waals surface area (Å²) in [5.74, 6) is 0.410. The van der Waals surface area contributed by atoms with E-state index in [9.17, 15) is 4.79 Å². The van der Waals surface area contributed by atoms with Gasteiger partial charge in [0.25, 0.3) is 0 Å². The van der Waals surface area contributed by atoms with Gasteiger partial charge in [0.1, 0.15) is 18.4 Å². The highest BCUT2D eigenvalue weighted by Gasteiger charge is 2.21. The van der Waals surface area contributed by atoms with Crippen molar-refractivity contribution in [1.29, 1.82) is 0 Å². The Morgan fingerprint density at radius 1 is 1.38 bits per heavy atom. The van der Waals surface area contributed by atoms with Gasteiger partial charge in [-0.05, 0) is 24.3 Å². The fourth-order valence-electron chi connectivity index (χ4n) is 2.30. The highest BCUT2D eigenvalue weighted by molar-refractivity contribution is 6.32. The number of carbonyl (C=O) groups excluding carboxylic acids is 1. The number of hydrogen-bond acceptors (Lipinski definition) is 5. The fourth-order valence-corrected chi connectivity index (χ4v) is 2.54. The lowest BCUT2D eigenvalue weighted by atomic mass is 10.2. The fraction of sp³-hybridized carbons (Fsp3) is 0.294. The van der Waals surface area contributed by atoms with E-state index in [0.717, 1.165) is 5.56 Å². The lowest BCUT2D eigenvalue weighted by Crippen LogP contribution is -2.48. The van der Waals surface area contributed by atoms with E-state index in [1.807, 2.05) is 12.1 Å². The Morgan fingerprint density at radius 2 is 2.23 bits per heavy atom. The molecule has 0 saturated carbocycles. The summed E-state index contributed by atoms with van der Waals surface area (Å²) in [4.78, 5) is 16.2. The van der Waals surface area contributed by atoms with Gasteiger partial charge in [-0.2, -0.15) is 0 Å². The highest BCUT2D eigenvalue weighted by Crippen LogP contribution is 2.28. The van der Waals surface area contributed by atoms with Crippen LogP contribution in [0.15, 0.2) is 42.7 Å². The van der Waals surface area contributed by atoms with E-state index in [1.165, 1.54) is 0 Å². The molecule has 142 valence electrons. The van der Waals surface area contributed by atoms with E-state index in [1.54, 1.807) is 30.6 Å². The molecule has 1 saturated heterocycles. The molecule has 3 rings (SSSR count). The first-order chi connectivity index (χ1) is 11.7. The standard InChI is InChI=1S/C17H18ClN3O3.2ClH/c18-14-8-13(21-17(22)15-11-23-7-6-20-15)3-4-16(14)24-10-12-2-1-5-19-9-12;;/h1-5,8-9,15,20H,6-7,10-11H2,(H,21,22);2*1H. The van der Waals surface area contributed by atoms with Crippen LogP contribution in [0.25, 0.3) is 0 Å². The average molecular weight is 421 g/mol. The summed E-state index contributed by atoms with van der Waals surface area (Å²) in [5, 5.41) is 6.36. The Labute approximate surface area is 169 Å². The van der Waals surface area contributed by atoms with Gasteiger partial charge in [-0.3, -0.25) is 9.78 Å². The third-order valence-corrected chi connectivity index (χ3v) is 3.85. The molecule has 0 aliphatic carbocycles. The first kappa shape index (κ1) is 22.5. The van der Waals surface area contributed by atoms with Crippen LogP contribution in [0.2, 0.25) is 5.02 Å². The molecule has 1 amide bonds. The molecule has 1 aliphatic rings. The summed E-state index contributed by atoms with van der Waals surface area (Å²) < 4.78 is 11.0. The number of benzene rings is 1. The summed E-state index contributed by atoms with van der Waals surface area (Å²) in [7, 11) is 0. The molecule has 9 heteroatoms. The summed E-state index contributed by atoms with van der Waals surface area (Å²) in [6.07, 6.45) is 3.45. The molecule has 1 aliphatic heterocycles. The first-order valence-corrected chi connectivity index (χ1v) is 8.03. The van der Waals surface area contributed by atoms with Crippen LogP contribution in [-0.2, 0) is 16.1 Å². The van der Waals surface area contributed by atoms with Gasteiger partial charge >= 0.3 is 0 Å². The summed E-state index contributed by atoms with van der Waals surface area (Å²) in [6.45, 7) is 2.03. The number of carbonyl (C=O) groups is 1. The van der Waals surface area contributed by atoms with Crippen molar-refractivity contribution in [3.8, 4) is 5.75 Å². The molecule has 1 fully saturated rings. The summed E-state index contributed by atoms with van der Waals surface area (Å²) >= 11 is 6.23. The van der Waals surface area contributed by atoms with Crippen molar-refractivity contribution in [2.45, 2.75) is 12.6 Å². The first-order valence-electron chi connectivity index (χ1n) is 7.65. The number of anilines is 1. The Bertz CT molecular complexity index is 698. The van der Waals surface area contributed by atoms with Crippen LogP contribution in [0.4, 0.5) is 5.69 Å². The van der Waals surface area contributed by atoms with Gasteiger partial charge in [-0.15, -0.1) is 24.8 Å². The minimum Gasteiger partial charge on any atom is -0.487 e. The van der Waals surface area contributed by atoms with E-state index in [0.29, 0.717) is 42.8 Å². The third-order valence-electron chi connectivity index (χ3n) is 3.55. The van der Waals surface area contributed by atoms with Crippen LogP contribution in [0.3, 0.4) is 0 Å². The Balaban J connectivity index is 0.00000169. The average Bonchev–Trinajstić information content (AvgIpc) is 2.62. The van der Waals surface area contributed by atoms with E-state index in [2.05, 4.69) is 15.6 Å². The van der Waals surface area contributed by atoms with Crippen molar-refractivity contribution in [3.63, 3.8) is 0 Å². The van der Waals surface area contributed by atoms with Crippen molar-refractivity contribution >= 4 is 48.0 Å². The smallest absolute Gasteiger partial charge is 0.243 e. The second-order valence-electron chi connectivity index (χ2n) is 5.37. The minimum absolute atomic E-state index is 0. The number of nitrogens with zero attached hydrogens (tertiary/aromatic N) is 1. The maximum Gasteiger partial charge on any atom is 0.243 e. The maximum atomic E-state index is 12.1. The number of pyridine rings is 1. The number of aromatic nitrogens is 1. The molecular weight excluding hydrogens is 401 g/mol. The molecule has 0 spiro atoms. The Morgan fingerprint density at radius 3 is 2.88 bits per heavy atom. The zero-order valence-corrected chi connectivity index (χ0v) is 16.2. The van der Waals surface area contributed by atoms with Crippen LogP contribution in [0.1, 0.15) is 5.56 Å². The molecule has 1 unspecified atom stereocenters. The molecule has 6 nitrogen and oxygen atoms in total. The van der Waals surface area contributed by atoms with E-state index in [-0.39, 0.29) is 36.8 Å². The highest BCUT2D eigenvalue weighted by atomic mass is 35.5. The molecule has 1 aromatic heterocycles. The second kappa shape index (κ2) is 11.2. The molecule has 0 bridgehead atoms. The number of morpholine rings is 1. The summed E-state index contributed by atoms with van der Waals surface area (Å²) in [6, 6.07) is 8.59. The number of ether oxygens (including phenoxy) is 2. The molecule has 2 aromatic rings. The van der Waals surface area contributed by atoms with Crippen molar-refractivity contribution in [1.82, 2.24) is 10.3 Å². The van der Waals surface area contributed by atoms with Gasteiger partial charge in [0.05, 0.1) is 18.2 Å². The lowest BCUT2D eigenvalue weighted by molar-refractivity contribution is -0.120. The topological polar surface area (TPSA) is 72.5 Å². The molecule has 1 atom stereocenters. The van der Waals surface area contributed by atoms with Crippen LogP contribution in [0.5, 0.6) is 5.75 Å². The van der Waals surface area contributed by atoms with Gasteiger partial charge in [-0.1, -0.05) is 17.7 Å². The molecule has 2 heterocycles. The zero-order valence-electron chi connectivity index (χ0n) is 13.8. The zero-order chi connectivity index (χ0) is 16.8. The van der Waals surface area contributed by atoms with Crippen LogP contribution >= 0.6 is 36.4 Å². The molecule has 0 radical (unpaired) electrons. The minimum atomic E-state index is -0.348. The van der Waals surface area contributed by atoms with Gasteiger partial charge in [0, 0.05) is 30.2 Å². The van der Waals surface area contributed by atoms with Crippen molar-refractivity contribution in [2.24, 2.45) is 0 Å². The SMILES string of the molecule is Cl.Cl.O=C(Nc1ccc(OCc2cccnc2)c(Cl)c1)C1COCCN1. The van der Waals surface area contributed by atoms with Gasteiger partial charge < -0.3 is 20.1 Å².